The van der Waals surface area contributed by atoms with Crippen LogP contribution in [0.5, 0.6) is 0 Å². The minimum absolute atomic E-state index is 0.586. The van der Waals surface area contributed by atoms with Gasteiger partial charge in [-0.15, -0.1) is 11.3 Å². The molecule has 0 saturated heterocycles. The van der Waals surface area contributed by atoms with E-state index in [0.717, 1.165) is 38.9 Å². The first-order valence-corrected chi connectivity index (χ1v) is 17.1. The quantitative estimate of drug-likeness (QED) is 0.200. The molecule has 47 heavy (non-hydrogen) atoms. The van der Waals surface area contributed by atoms with Gasteiger partial charge in [0.2, 0.25) is 0 Å². The Morgan fingerprint density at radius 2 is 0.894 bits per heavy atom. The molecule has 0 saturated carbocycles. The van der Waals surface area contributed by atoms with Gasteiger partial charge < -0.3 is 5.11 Å². The van der Waals surface area contributed by atoms with Crippen LogP contribution in [-0.4, -0.2) is 5.11 Å². The first-order chi connectivity index (χ1) is 23.1. The summed E-state index contributed by atoms with van der Waals surface area (Å²) in [5, 5.41) is 16.8. The van der Waals surface area contributed by atoms with Gasteiger partial charge in [0.15, 0.2) is 0 Å². The van der Waals surface area contributed by atoms with Gasteiger partial charge >= 0.3 is 0 Å². The molecule has 3 heteroatoms. The van der Waals surface area contributed by atoms with E-state index in [1.165, 1.54) is 42.4 Å². The minimum atomic E-state index is -1.48. The molecule has 0 amide bonds. The molecular weight excluding hydrogens is 612 g/mol. The number of benzene rings is 7. The van der Waals surface area contributed by atoms with E-state index in [0.29, 0.717) is 5.02 Å². The molecule has 0 unspecified atom stereocenters. The summed E-state index contributed by atoms with van der Waals surface area (Å²) in [5.74, 6) is 0. The van der Waals surface area contributed by atoms with Crippen LogP contribution in [0.2, 0.25) is 5.02 Å². The molecule has 1 aromatic heterocycles. The van der Waals surface area contributed by atoms with E-state index in [1.807, 2.05) is 12.1 Å². The van der Waals surface area contributed by atoms with Crippen molar-refractivity contribution in [2.75, 3.05) is 0 Å². The largest absolute Gasteiger partial charge is 0.376 e. The number of hydrogen-bond acceptors (Lipinski definition) is 2. The molecule has 0 radical (unpaired) electrons. The molecule has 7 aromatic carbocycles. The Bertz CT molecular complexity index is 2480. The molecule has 1 spiro atoms. The molecule has 0 bridgehead atoms. The predicted octanol–water partition coefficient (Wildman–Crippen LogP) is 11.3. The van der Waals surface area contributed by atoms with E-state index in [2.05, 4.69) is 146 Å². The molecule has 2 aliphatic carbocycles. The van der Waals surface area contributed by atoms with Gasteiger partial charge in [-0.05, 0) is 56.6 Å². The second kappa shape index (κ2) is 9.76. The van der Waals surface area contributed by atoms with Crippen molar-refractivity contribution in [3.05, 3.63) is 202 Å². The second-order valence-electron chi connectivity index (χ2n) is 12.6. The second-order valence-corrected chi connectivity index (χ2v) is 14.0. The fourth-order valence-electron chi connectivity index (χ4n) is 8.69. The normalized spacial score (nSPS) is 14.9. The number of rotatable bonds is 2. The van der Waals surface area contributed by atoms with Crippen LogP contribution in [0.25, 0.3) is 42.4 Å². The molecule has 0 aliphatic heterocycles. The highest BCUT2D eigenvalue weighted by Crippen LogP contribution is 2.63. The van der Waals surface area contributed by atoms with Gasteiger partial charge in [0, 0.05) is 41.9 Å². The van der Waals surface area contributed by atoms with Crippen molar-refractivity contribution in [2.24, 2.45) is 0 Å². The minimum Gasteiger partial charge on any atom is -0.376 e. The van der Waals surface area contributed by atoms with Crippen LogP contribution in [0.15, 0.2) is 158 Å². The van der Waals surface area contributed by atoms with Crippen molar-refractivity contribution in [1.82, 2.24) is 0 Å². The Morgan fingerprint density at radius 1 is 0.426 bits per heavy atom. The fourth-order valence-corrected chi connectivity index (χ4v) is 10.2. The lowest BCUT2D eigenvalue weighted by atomic mass is 9.56. The maximum Gasteiger partial charge on any atom is 0.141 e. The molecule has 0 fully saturated rings. The molecule has 1 nitrogen and oxygen atoms in total. The predicted molar refractivity (Wildman–Crippen MR) is 196 cm³/mol. The summed E-state index contributed by atoms with van der Waals surface area (Å²) < 4.78 is 2.40. The molecule has 2 aliphatic rings. The zero-order valence-electron chi connectivity index (χ0n) is 25.2. The molecule has 0 atom stereocenters. The molecule has 1 heterocycles. The molecular formula is C44H27ClOS. The Morgan fingerprint density at radius 3 is 1.55 bits per heavy atom. The molecule has 222 valence electrons. The van der Waals surface area contributed by atoms with Crippen molar-refractivity contribution in [3.63, 3.8) is 0 Å². The van der Waals surface area contributed by atoms with Gasteiger partial charge in [-0.2, -0.15) is 0 Å². The smallest absolute Gasteiger partial charge is 0.141 e. The number of fused-ring (bicyclic) bond motifs is 12. The third-order valence-corrected chi connectivity index (χ3v) is 12.0. The van der Waals surface area contributed by atoms with Crippen LogP contribution in [0.3, 0.4) is 0 Å². The van der Waals surface area contributed by atoms with E-state index in [1.54, 1.807) is 11.3 Å². The Kier molecular flexibility index (Phi) is 5.64. The Balaban J connectivity index is 1.33. The molecule has 10 rings (SSSR count). The number of hydrogen-bond donors (Lipinski definition) is 1. The maximum absolute atomic E-state index is 13.7. The summed E-state index contributed by atoms with van der Waals surface area (Å²) in [5.41, 5.74) is 9.48. The first-order valence-electron chi connectivity index (χ1n) is 15.9. The van der Waals surface area contributed by atoms with Gasteiger partial charge in [-0.1, -0.05) is 157 Å². The SMILES string of the molecule is OC1(c2cccc(Cl)c2-c2cccc3c2sc2ccccc23)c2ccccc2C2(c3ccccc3-c3ccccc32)c2ccccc21. The van der Waals surface area contributed by atoms with E-state index in [9.17, 15) is 5.11 Å². The summed E-state index contributed by atoms with van der Waals surface area (Å²) >= 11 is 9.02. The van der Waals surface area contributed by atoms with Crippen LogP contribution < -0.4 is 0 Å². The third kappa shape index (κ3) is 3.37. The monoisotopic (exact) mass is 638 g/mol. The van der Waals surface area contributed by atoms with E-state index < -0.39 is 11.0 Å². The van der Waals surface area contributed by atoms with Crippen LogP contribution in [0, 0.1) is 0 Å². The van der Waals surface area contributed by atoms with Crippen LogP contribution in [-0.2, 0) is 11.0 Å². The van der Waals surface area contributed by atoms with Gasteiger partial charge in [0.1, 0.15) is 5.60 Å². The van der Waals surface area contributed by atoms with Gasteiger partial charge in [-0.3, -0.25) is 0 Å². The zero-order chi connectivity index (χ0) is 31.3. The van der Waals surface area contributed by atoms with Gasteiger partial charge in [-0.25, -0.2) is 0 Å². The van der Waals surface area contributed by atoms with E-state index >= 15 is 0 Å². The number of thiophene rings is 1. The highest BCUT2D eigenvalue weighted by Gasteiger charge is 2.56. The highest BCUT2D eigenvalue weighted by atomic mass is 35.5. The van der Waals surface area contributed by atoms with Crippen molar-refractivity contribution >= 4 is 43.1 Å². The topological polar surface area (TPSA) is 20.2 Å². The summed E-state index contributed by atoms with van der Waals surface area (Å²) in [7, 11) is 0. The maximum atomic E-state index is 13.7. The summed E-state index contributed by atoms with van der Waals surface area (Å²) in [6, 6.07) is 55.5. The van der Waals surface area contributed by atoms with Crippen LogP contribution >= 0.6 is 22.9 Å². The van der Waals surface area contributed by atoms with Gasteiger partial charge in [0.25, 0.3) is 0 Å². The lowest BCUT2D eigenvalue weighted by Gasteiger charge is -2.47. The number of halogens is 1. The van der Waals surface area contributed by atoms with E-state index in [-0.39, 0.29) is 0 Å². The fraction of sp³-hybridized carbons (Fsp3) is 0.0455. The average molecular weight is 639 g/mol. The van der Waals surface area contributed by atoms with Gasteiger partial charge in [0.05, 0.1) is 5.41 Å². The van der Waals surface area contributed by atoms with Crippen molar-refractivity contribution in [3.8, 4) is 22.3 Å². The lowest BCUT2D eigenvalue weighted by molar-refractivity contribution is 0.119. The molecule has 1 N–H and O–H groups in total. The average Bonchev–Trinajstić information content (AvgIpc) is 3.65. The zero-order valence-corrected chi connectivity index (χ0v) is 26.8. The summed E-state index contributed by atoms with van der Waals surface area (Å²) in [6.07, 6.45) is 0. The third-order valence-electron chi connectivity index (χ3n) is 10.5. The van der Waals surface area contributed by atoms with Crippen molar-refractivity contribution in [1.29, 1.82) is 0 Å². The summed E-state index contributed by atoms with van der Waals surface area (Å²) in [6.45, 7) is 0. The first kappa shape index (κ1) is 27.2. The van der Waals surface area contributed by atoms with Crippen LogP contribution in [0.4, 0.5) is 0 Å². The molecule has 8 aromatic rings. The summed E-state index contributed by atoms with van der Waals surface area (Å²) in [4.78, 5) is 0. The Labute approximate surface area is 282 Å². The van der Waals surface area contributed by atoms with Crippen molar-refractivity contribution in [2.45, 2.75) is 11.0 Å². The lowest BCUT2D eigenvalue weighted by Crippen LogP contribution is -2.44. The highest BCUT2D eigenvalue weighted by molar-refractivity contribution is 7.26. The standard InChI is InChI=1S/C44H27ClOS/c45-39-25-12-24-38(41(39)31-17-11-16-30-29-15-3-10-26-40(29)47-42(30)31)44(46)36-22-8-6-20-34(36)43(35-21-7-9-23-37(35)44)32-18-4-1-13-27(32)28-14-2-5-19-33(28)43/h1-26,46H. The van der Waals surface area contributed by atoms with Crippen molar-refractivity contribution < 1.29 is 5.11 Å². The Hall–Kier alpha value is -4.99. The van der Waals surface area contributed by atoms with Crippen LogP contribution in [0.1, 0.15) is 38.9 Å². The number of aliphatic hydroxyl groups is 1. The van der Waals surface area contributed by atoms with E-state index in [4.69, 9.17) is 11.6 Å².